The van der Waals surface area contributed by atoms with Gasteiger partial charge in [-0.2, -0.15) is 0 Å². The Morgan fingerprint density at radius 2 is 1.91 bits per heavy atom. The van der Waals surface area contributed by atoms with Crippen LogP contribution in [-0.2, 0) is 5.75 Å². The largest absolute Gasteiger partial charge is 0.411 e. The van der Waals surface area contributed by atoms with Crippen LogP contribution in [0, 0.1) is 6.92 Å². The van der Waals surface area contributed by atoms with Crippen molar-refractivity contribution in [2.24, 2.45) is 0 Å². The Morgan fingerprint density at radius 3 is 2.68 bits per heavy atom. The molecule has 0 N–H and O–H groups in total. The molecule has 0 saturated carbocycles. The average molecular weight is 351 g/mol. The monoisotopic (exact) mass is 350 g/mol. The number of aryl methyl sites for hydroxylation is 1. The highest BCUT2D eigenvalue weighted by Gasteiger charge is 2.13. The minimum atomic E-state index is 0.397. The van der Waals surface area contributed by atoms with E-state index in [1.807, 2.05) is 12.1 Å². The number of rotatable bonds is 4. The van der Waals surface area contributed by atoms with E-state index in [2.05, 4.69) is 29.3 Å². The van der Waals surface area contributed by atoms with Crippen LogP contribution in [0.4, 0.5) is 0 Å². The van der Waals surface area contributed by atoms with Gasteiger partial charge in [0, 0.05) is 10.8 Å². The Kier molecular flexibility index (Phi) is 4.71. The van der Waals surface area contributed by atoms with E-state index in [0.717, 1.165) is 5.75 Å². The third kappa shape index (κ3) is 3.46. The van der Waals surface area contributed by atoms with Crippen LogP contribution in [0.2, 0.25) is 10.0 Å². The van der Waals surface area contributed by atoms with Crippen LogP contribution in [0.3, 0.4) is 0 Å². The van der Waals surface area contributed by atoms with Crippen molar-refractivity contribution in [2.75, 3.05) is 0 Å². The minimum absolute atomic E-state index is 0.397. The first-order valence-electron chi connectivity index (χ1n) is 6.60. The van der Waals surface area contributed by atoms with Crippen molar-refractivity contribution in [1.82, 2.24) is 10.2 Å². The Labute approximate surface area is 142 Å². The molecule has 112 valence electrons. The van der Waals surface area contributed by atoms with E-state index in [1.54, 1.807) is 18.2 Å². The van der Waals surface area contributed by atoms with Crippen molar-refractivity contribution in [3.8, 4) is 11.5 Å². The number of benzene rings is 2. The smallest absolute Gasteiger partial charge is 0.277 e. The molecule has 3 rings (SSSR count). The number of thioether (sulfide) groups is 1. The molecule has 0 unspecified atom stereocenters. The summed E-state index contributed by atoms with van der Waals surface area (Å²) in [5, 5.41) is 9.68. The summed E-state index contributed by atoms with van der Waals surface area (Å²) in [6.07, 6.45) is 0. The lowest BCUT2D eigenvalue weighted by Gasteiger charge is -2.02. The first-order chi connectivity index (χ1) is 10.6. The van der Waals surface area contributed by atoms with Gasteiger partial charge in [-0.15, -0.1) is 10.2 Å². The molecule has 6 heteroatoms. The van der Waals surface area contributed by atoms with E-state index in [4.69, 9.17) is 27.6 Å². The highest BCUT2D eigenvalue weighted by atomic mass is 35.5. The fourth-order valence-electron chi connectivity index (χ4n) is 1.95. The van der Waals surface area contributed by atoms with Gasteiger partial charge < -0.3 is 4.42 Å². The Balaban J connectivity index is 1.75. The second-order valence-electron chi connectivity index (χ2n) is 4.71. The zero-order valence-electron chi connectivity index (χ0n) is 11.7. The van der Waals surface area contributed by atoms with Gasteiger partial charge in [0.15, 0.2) is 0 Å². The third-order valence-electron chi connectivity index (χ3n) is 3.18. The van der Waals surface area contributed by atoms with Gasteiger partial charge in [-0.1, -0.05) is 59.2 Å². The van der Waals surface area contributed by atoms with Gasteiger partial charge in [-0.25, -0.2) is 0 Å². The summed E-state index contributed by atoms with van der Waals surface area (Å²) in [4.78, 5) is 0. The lowest BCUT2D eigenvalue weighted by molar-refractivity contribution is 0.466. The highest BCUT2D eigenvalue weighted by Crippen LogP contribution is 2.31. The molecule has 0 bridgehead atoms. The van der Waals surface area contributed by atoms with Crippen molar-refractivity contribution in [3.05, 3.63) is 63.6 Å². The summed E-state index contributed by atoms with van der Waals surface area (Å²) in [5.74, 6) is 1.18. The molecule has 0 amide bonds. The molecule has 0 aliphatic heterocycles. The zero-order chi connectivity index (χ0) is 15.5. The van der Waals surface area contributed by atoms with Crippen LogP contribution in [0.5, 0.6) is 0 Å². The van der Waals surface area contributed by atoms with Crippen LogP contribution < -0.4 is 0 Å². The minimum Gasteiger partial charge on any atom is -0.411 e. The molecular weight excluding hydrogens is 339 g/mol. The molecule has 0 radical (unpaired) electrons. The van der Waals surface area contributed by atoms with Crippen LogP contribution >= 0.6 is 35.0 Å². The summed E-state index contributed by atoms with van der Waals surface area (Å²) in [6.45, 7) is 2.09. The van der Waals surface area contributed by atoms with E-state index in [9.17, 15) is 0 Å². The Bertz CT molecular complexity index is 804. The first kappa shape index (κ1) is 15.4. The van der Waals surface area contributed by atoms with Gasteiger partial charge in [-0.3, -0.25) is 0 Å². The quantitative estimate of drug-likeness (QED) is 0.570. The maximum absolute atomic E-state index is 6.15. The fraction of sp³-hybridized carbons (Fsp3) is 0.125. The number of nitrogens with zero attached hydrogens (tertiary/aromatic N) is 2. The molecule has 1 aromatic heterocycles. The number of hydrogen-bond acceptors (Lipinski definition) is 4. The lowest BCUT2D eigenvalue weighted by atomic mass is 10.1. The van der Waals surface area contributed by atoms with E-state index in [1.165, 1.54) is 22.9 Å². The van der Waals surface area contributed by atoms with E-state index in [0.29, 0.717) is 26.7 Å². The molecule has 22 heavy (non-hydrogen) atoms. The molecule has 3 aromatic rings. The van der Waals surface area contributed by atoms with Crippen molar-refractivity contribution in [3.63, 3.8) is 0 Å². The van der Waals surface area contributed by atoms with Crippen LogP contribution in [0.15, 0.2) is 52.1 Å². The number of halogens is 2. The van der Waals surface area contributed by atoms with Gasteiger partial charge in [-0.05, 0) is 36.2 Å². The predicted molar refractivity (Wildman–Crippen MR) is 90.5 cm³/mol. The molecular formula is C16H12Cl2N2OS. The van der Waals surface area contributed by atoms with Gasteiger partial charge in [0.25, 0.3) is 5.22 Å². The van der Waals surface area contributed by atoms with Crippen molar-refractivity contribution in [2.45, 2.75) is 17.9 Å². The average Bonchev–Trinajstić information content (AvgIpc) is 2.95. The fourth-order valence-corrected chi connectivity index (χ4v) is 3.28. The maximum Gasteiger partial charge on any atom is 0.277 e. The number of aromatic nitrogens is 2. The van der Waals surface area contributed by atoms with Gasteiger partial charge in [0.2, 0.25) is 5.89 Å². The van der Waals surface area contributed by atoms with Gasteiger partial charge >= 0.3 is 0 Å². The summed E-state index contributed by atoms with van der Waals surface area (Å²) in [7, 11) is 0. The van der Waals surface area contributed by atoms with Crippen LogP contribution in [-0.4, -0.2) is 10.2 Å². The summed E-state index contributed by atoms with van der Waals surface area (Å²) in [6, 6.07) is 13.4. The predicted octanol–water partition coefficient (Wildman–Crippen LogP) is 5.64. The summed E-state index contributed by atoms with van der Waals surface area (Å²) < 4.78 is 5.67. The van der Waals surface area contributed by atoms with E-state index < -0.39 is 0 Å². The molecule has 0 aliphatic rings. The molecule has 2 aromatic carbocycles. The second-order valence-corrected chi connectivity index (χ2v) is 6.48. The topological polar surface area (TPSA) is 38.9 Å². The molecule has 0 aliphatic carbocycles. The Morgan fingerprint density at radius 1 is 1.09 bits per heavy atom. The summed E-state index contributed by atoms with van der Waals surface area (Å²) in [5.41, 5.74) is 3.17. The van der Waals surface area contributed by atoms with Gasteiger partial charge in [0.05, 0.1) is 10.6 Å². The SMILES string of the molecule is Cc1ccccc1CSc1nnc(-c2ccc(Cl)cc2Cl)o1. The van der Waals surface area contributed by atoms with E-state index in [-0.39, 0.29) is 0 Å². The second kappa shape index (κ2) is 6.73. The van der Waals surface area contributed by atoms with Crippen molar-refractivity contribution >= 4 is 35.0 Å². The molecule has 0 atom stereocenters. The zero-order valence-corrected chi connectivity index (χ0v) is 14.0. The number of hydrogen-bond donors (Lipinski definition) is 0. The first-order valence-corrected chi connectivity index (χ1v) is 8.34. The summed E-state index contributed by atoms with van der Waals surface area (Å²) >= 11 is 13.5. The van der Waals surface area contributed by atoms with Crippen molar-refractivity contribution < 1.29 is 4.42 Å². The van der Waals surface area contributed by atoms with Gasteiger partial charge in [0.1, 0.15) is 0 Å². The Hall–Kier alpha value is -1.49. The molecule has 0 fully saturated rings. The molecule has 0 spiro atoms. The molecule has 3 nitrogen and oxygen atoms in total. The van der Waals surface area contributed by atoms with Crippen LogP contribution in [0.1, 0.15) is 11.1 Å². The maximum atomic E-state index is 6.15. The highest BCUT2D eigenvalue weighted by molar-refractivity contribution is 7.98. The third-order valence-corrected chi connectivity index (χ3v) is 4.60. The standard InChI is InChI=1S/C16H12Cl2N2OS/c1-10-4-2-3-5-11(10)9-22-16-20-19-15(21-16)13-7-6-12(17)8-14(13)18/h2-8H,9H2,1H3. The van der Waals surface area contributed by atoms with Crippen molar-refractivity contribution in [1.29, 1.82) is 0 Å². The molecule has 0 saturated heterocycles. The molecule has 1 heterocycles. The normalized spacial score (nSPS) is 10.9. The lowest BCUT2D eigenvalue weighted by Crippen LogP contribution is -1.85. The van der Waals surface area contributed by atoms with E-state index >= 15 is 0 Å². The van der Waals surface area contributed by atoms with Crippen LogP contribution in [0.25, 0.3) is 11.5 Å².